The van der Waals surface area contributed by atoms with Crippen molar-refractivity contribution < 1.29 is 113 Å². The molecular formula is H9CaKLiMgNaSr. The van der Waals surface area contributed by atoms with Crippen molar-refractivity contribution in [1.29, 1.82) is 0 Å². The molecular weight excluding hydrogens is 221 g/mol. The van der Waals surface area contributed by atoms with E-state index in [0.29, 0.717) is 0 Å². The van der Waals surface area contributed by atoms with Gasteiger partial charge in [0.1, 0.15) is 0 Å². The van der Waals surface area contributed by atoms with E-state index in [1.807, 2.05) is 0 Å². The van der Waals surface area contributed by atoms with Crippen LogP contribution in [0.2, 0.25) is 0 Å². The molecule has 0 heterocycles. The first kappa shape index (κ1) is 38.7. The smallest absolute Gasteiger partial charge is 1.00 e. The van der Waals surface area contributed by atoms with Crippen molar-refractivity contribution in [3.8, 4) is 0 Å². The van der Waals surface area contributed by atoms with Gasteiger partial charge in [0.05, 0.1) is 0 Å². The second-order valence-corrected chi connectivity index (χ2v) is 0. The fourth-order valence-electron chi connectivity index (χ4n) is 0. The summed E-state index contributed by atoms with van der Waals surface area (Å²) < 4.78 is 0. The van der Waals surface area contributed by atoms with Crippen LogP contribution < -0.4 is 99.8 Å². The van der Waals surface area contributed by atoms with Gasteiger partial charge in [-0.05, 0) is 0 Å². The van der Waals surface area contributed by atoms with Crippen molar-refractivity contribution in [2.75, 3.05) is 0 Å². The van der Waals surface area contributed by atoms with Gasteiger partial charge in [0.2, 0.25) is 0 Å². The van der Waals surface area contributed by atoms with Crippen molar-refractivity contribution in [2.45, 2.75) is 0 Å². The Hall–Kier alpha value is 6.74. The average Bonchev–Trinajstić information content (AvgIpc) is 0. The molecule has 6 heteroatoms. The third kappa shape index (κ3) is 22.4. The van der Waals surface area contributed by atoms with Crippen LogP contribution in [0.15, 0.2) is 0 Å². The molecule has 0 unspecified atom stereocenters. The predicted octanol–water partition coefficient (Wildman–Crippen LogP) is -9.12. The Kier molecular flexibility index (Phi) is 192. The zero-order valence-corrected chi connectivity index (χ0v) is 17.3. The molecule has 0 fully saturated rings. The van der Waals surface area contributed by atoms with Crippen molar-refractivity contribution in [3.63, 3.8) is 0 Å². The Morgan fingerprint density at radius 2 is 1.17 bits per heavy atom. The molecule has 0 aliphatic heterocycles. The van der Waals surface area contributed by atoms with E-state index < -0.39 is 0 Å². The molecule has 0 aromatic rings. The van der Waals surface area contributed by atoms with Gasteiger partial charge in [-0.3, -0.25) is 0 Å². The van der Waals surface area contributed by atoms with Crippen LogP contribution in [-0.2, 0) is 0 Å². The molecule has 0 radical (unpaired) electrons. The normalized spacial score (nSPS) is 0. The van der Waals surface area contributed by atoms with E-state index in [-0.39, 0.29) is 219 Å². The Morgan fingerprint density at radius 3 is 1.17 bits per heavy atom. The first-order chi connectivity index (χ1) is 0. The van der Waals surface area contributed by atoms with Gasteiger partial charge in [0.15, 0.2) is 0 Å². The Balaban J connectivity index is 0. The van der Waals surface area contributed by atoms with Crippen LogP contribution in [-0.4, -0.2) is 106 Å². The fraction of sp³-hybridized carbons (Fsp3) is 0. The summed E-state index contributed by atoms with van der Waals surface area (Å²) in [4.78, 5) is 0. The quantitative estimate of drug-likeness (QED) is 0.363. The van der Waals surface area contributed by atoms with E-state index in [1.54, 1.807) is 0 Å². The van der Waals surface area contributed by atoms with Crippen LogP contribution in [0.3, 0.4) is 0 Å². The van der Waals surface area contributed by atoms with Gasteiger partial charge in [0.25, 0.3) is 0 Å². The van der Waals surface area contributed by atoms with Crippen molar-refractivity contribution >= 4 is 106 Å². The molecule has 0 amide bonds. The van der Waals surface area contributed by atoms with Crippen LogP contribution in [0.5, 0.6) is 0 Å². The predicted molar refractivity (Wildman–Crippen MR) is 27.3 cm³/mol. The van der Waals surface area contributed by atoms with E-state index in [4.69, 9.17) is 0 Å². The standard InChI is InChI=1S/Ca.K.Li.Mg.Na.Sr.9H/q+2;2*+1;+2;+1;+2;9*-1. The second-order valence-electron chi connectivity index (χ2n) is 0. The molecule has 6 heavy (non-hydrogen) atoms. The van der Waals surface area contributed by atoms with Crippen LogP contribution in [0.25, 0.3) is 0 Å². The van der Waals surface area contributed by atoms with Gasteiger partial charge in [-0.2, -0.15) is 0 Å². The largest absolute Gasteiger partial charge is 2.00 e. The first-order valence-electron chi connectivity index (χ1n) is 0. The van der Waals surface area contributed by atoms with E-state index >= 15 is 0 Å². The van der Waals surface area contributed by atoms with Gasteiger partial charge >= 0.3 is 206 Å². The Bertz CT molecular complexity index is 30.1. The van der Waals surface area contributed by atoms with Gasteiger partial charge < -0.3 is 12.8 Å². The molecule has 0 N–H and O–H groups in total. The summed E-state index contributed by atoms with van der Waals surface area (Å²) in [5.74, 6) is 0. The summed E-state index contributed by atoms with van der Waals surface area (Å²) in [5.41, 5.74) is 0. The fourth-order valence-corrected chi connectivity index (χ4v) is 0. The van der Waals surface area contributed by atoms with Gasteiger partial charge in [-0.1, -0.05) is 0 Å². The second kappa shape index (κ2) is 29.8. The molecule has 0 aromatic heterocycles. The maximum Gasteiger partial charge on any atom is 2.00 e. The minimum absolute atomic E-state index is 0. The average molecular weight is 230 g/mol. The minimum atomic E-state index is 0. The number of hydrogen-bond donors (Lipinski definition) is 0. The van der Waals surface area contributed by atoms with Crippen molar-refractivity contribution in [1.82, 2.24) is 0 Å². The van der Waals surface area contributed by atoms with Crippen molar-refractivity contribution in [3.05, 3.63) is 0 Å². The van der Waals surface area contributed by atoms with Crippen LogP contribution >= 0.6 is 0 Å². The van der Waals surface area contributed by atoms with Gasteiger partial charge in [-0.25, -0.2) is 0 Å². The van der Waals surface area contributed by atoms with Gasteiger partial charge in [-0.15, -0.1) is 0 Å². The summed E-state index contributed by atoms with van der Waals surface area (Å²) in [7, 11) is 0. The zero-order valence-electron chi connectivity index (χ0n) is 14.1. The van der Waals surface area contributed by atoms with E-state index in [2.05, 4.69) is 0 Å². The molecule has 0 rings (SSSR count). The molecule has 0 spiro atoms. The van der Waals surface area contributed by atoms with Crippen LogP contribution in [0.1, 0.15) is 12.8 Å². The maximum absolute atomic E-state index is 0. The summed E-state index contributed by atoms with van der Waals surface area (Å²) in [6, 6.07) is 0. The molecule has 0 atom stereocenters. The molecule has 0 aliphatic carbocycles. The monoisotopic (exact) mass is 230 g/mol. The summed E-state index contributed by atoms with van der Waals surface area (Å²) in [5, 5.41) is 0. The first-order valence-corrected chi connectivity index (χ1v) is 0. The van der Waals surface area contributed by atoms with Crippen molar-refractivity contribution in [2.24, 2.45) is 0 Å². The minimum Gasteiger partial charge on any atom is -1.00 e. The van der Waals surface area contributed by atoms with E-state index in [9.17, 15) is 0 Å². The Morgan fingerprint density at radius 1 is 1.17 bits per heavy atom. The molecule has 0 nitrogen and oxygen atoms in total. The van der Waals surface area contributed by atoms with E-state index in [1.165, 1.54) is 0 Å². The Labute approximate surface area is 212 Å². The topological polar surface area (TPSA) is 0 Å². The summed E-state index contributed by atoms with van der Waals surface area (Å²) in [6.45, 7) is 0. The summed E-state index contributed by atoms with van der Waals surface area (Å²) in [6.07, 6.45) is 0. The maximum atomic E-state index is 0. The number of hydrogen-bond acceptors (Lipinski definition) is 0. The zero-order chi connectivity index (χ0) is 0. The SMILES string of the molecule is [Ca+2].[H-].[H-].[H-].[H-].[H-].[H-].[H-].[H-].[H-].[K+].[Li+].[Mg+2].[Na+].[Sr+2]. The molecule has 0 saturated heterocycles. The third-order valence-electron chi connectivity index (χ3n) is 0. The third-order valence-corrected chi connectivity index (χ3v) is 0. The molecule has 0 bridgehead atoms. The van der Waals surface area contributed by atoms with E-state index in [0.717, 1.165) is 0 Å². The van der Waals surface area contributed by atoms with Crippen LogP contribution in [0, 0.1) is 0 Å². The number of rotatable bonds is 0. The molecule has 0 aromatic carbocycles. The van der Waals surface area contributed by atoms with Crippen LogP contribution in [0.4, 0.5) is 0 Å². The molecule has 0 saturated carbocycles. The van der Waals surface area contributed by atoms with Gasteiger partial charge in [0, 0.05) is 0 Å². The summed E-state index contributed by atoms with van der Waals surface area (Å²) >= 11 is 0. The molecule has 18 valence electrons. The molecule has 0 aliphatic rings.